The SMILES string of the molecule is CCOC(=NC)/C(C#N)=C(/c1ccc(CC(C)C)cc1)c1ccc(OC(C)C)cc1. The number of aliphatic imine (C=N–C) groups is 1. The molecule has 0 aromatic heterocycles. The summed E-state index contributed by atoms with van der Waals surface area (Å²) in [5, 5.41) is 10.0. The normalized spacial score (nSPS) is 12.6. The van der Waals surface area contributed by atoms with Gasteiger partial charge in [0.25, 0.3) is 0 Å². The van der Waals surface area contributed by atoms with Crippen LogP contribution in [0.15, 0.2) is 59.1 Å². The van der Waals surface area contributed by atoms with Gasteiger partial charge in [-0.2, -0.15) is 5.26 Å². The first-order valence-corrected chi connectivity index (χ1v) is 10.5. The van der Waals surface area contributed by atoms with Crippen LogP contribution in [0.5, 0.6) is 5.75 Å². The highest BCUT2D eigenvalue weighted by Crippen LogP contribution is 2.30. The van der Waals surface area contributed by atoms with Gasteiger partial charge in [0.15, 0.2) is 0 Å². The molecule has 158 valence electrons. The molecule has 0 bridgehead atoms. The van der Waals surface area contributed by atoms with Crippen molar-refractivity contribution in [1.82, 2.24) is 0 Å². The molecule has 2 aromatic rings. The quantitative estimate of drug-likeness (QED) is 0.305. The molecular weight excluding hydrogens is 372 g/mol. The number of rotatable bonds is 8. The molecule has 2 aromatic carbocycles. The molecule has 0 aliphatic carbocycles. The van der Waals surface area contributed by atoms with Gasteiger partial charge in [-0.3, -0.25) is 4.99 Å². The first-order valence-electron chi connectivity index (χ1n) is 10.5. The molecular formula is C26H32N2O2. The van der Waals surface area contributed by atoms with Crippen molar-refractivity contribution in [3.63, 3.8) is 0 Å². The molecule has 0 spiro atoms. The lowest BCUT2D eigenvalue weighted by molar-refractivity contribution is 0.242. The molecule has 2 rings (SSSR count). The van der Waals surface area contributed by atoms with E-state index in [4.69, 9.17) is 9.47 Å². The van der Waals surface area contributed by atoms with Crippen LogP contribution in [0.2, 0.25) is 0 Å². The van der Waals surface area contributed by atoms with Gasteiger partial charge >= 0.3 is 0 Å². The van der Waals surface area contributed by atoms with E-state index >= 15 is 0 Å². The number of nitrogens with zero attached hydrogens (tertiary/aromatic N) is 2. The third-order valence-corrected chi connectivity index (χ3v) is 4.46. The standard InChI is InChI=1S/C26H32N2O2/c1-7-29-26(28-6)24(17-27)25(21-10-8-20(9-11-21)16-18(2)3)22-12-14-23(15-13-22)30-19(4)5/h8-15,18-19H,7,16H2,1-6H3/b25-24-,28-26?. The molecule has 30 heavy (non-hydrogen) atoms. The summed E-state index contributed by atoms with van der Waals surface area (Å²) in [7, 11) is 1.64. The first-order chi connectivity index (χ1) is 14.4. The lowest BCUT2D eigenvalue weighted by Crippen LogP contribution is -2.10. The van der Waals surface area contributed by atoms with E-state index in [1.54, 1.807) is 7.05 Å². The van der Waals surface area contributed by atoms with E-state index in [1.807, 2.05) is 45.0 Å². The summed E-state index contributed by atoms with van der Waals surface area (Å²) in [6.45, 7) is 10.7. The highest BCUT2D eigenvalue weighted by Gasteiger charge is 2.18. The zero-order valence-corrected chi connectivity index (χ0v) is 18.9. The first kappa shape index (κ1) is 23.2. The van der Waals surface area contributed by atoms with Crippen LogP contribution >= 0.6 is 0 Å². The van der Waals surface area contributed by atoms with Crippen LogP contribution in [0, 0.1) is 17.2 Å². The molecule has 4 nitrogen and oxygen atoms in total. The van der Waals surface area contributed by atoms with E-state index in [0.717, 1.165) is 28.9 Å². The van der Waals surface area contributed by atoms with Gasteiger partial charge in [-0.1, -0.05) is 50.2 Å². The summed E-state index contributed by atoms with van der Waals surface area (Å²) < 4.78 is 11.4. The Balaban J connectivity index is 2.60. The van der Waals surface area contributed by atoms with Gasteiger partial charge < -0.3 is 9.47 Å². The van der Waals surface area contributed by atoms with E-state index in [-0.39, 0.29) is 6.10 Å². The highest BCUT2D eigenvalue weighted by molar-refractivity contribution is 6.08. The highest BCUT2D eigenvalue weighted by atomic mass is 16.5. The molecule has 0 saturated carbocycles. The van der Waals surface area contributed by atoms with E-state index in [1.165, 1.54) is 5.56 Å². The Bertz CT molecular complexity index is 860. The number of ether oxygens (including phenoxy) is 2. The molecule has 0 aliphatic rings. The minimum atomic E-state index is 0.103. The van der Waals surface area contributed by atoms with Gasteiger partial charge in [0.1, 0.15) is 17.4 Å². The third-order valence-electron chi connectivity index (χ3n) is 4.46. The average molecular weight is 405 g/mol. The molecule has 0 unspecified atom stereocenters. The lowest BCUT2D eigenvalue weighted by atomic mass is 9.91. The summed E-state index contributed by atoms with van der Waals surface area (Å²) in [5.41, 5.74) is 4.38. The second kappa shape index (κ2) is 11.2. The Morgan fingerprint density at radius 2 is 1.53 bits per heavy atom. The van der Waals surface area contributed by atoms with Crippen LogP contribution in [0.3, 0.4) is 0 Å². The number of hydrogen-bond donors (Lipinski definition) is 0. The van der Waals surface area contributed by atoms with E-state index < -0.39 is 0 Å². The van der Waals surface area contributed by atoms with Crippen molar-refractivity contribution in [2.45, 2.75) is 47.1 Å². The predicted molar refractivity (Wildman–Crippen MR) is 124 cm³/mol. The van der Waals surface area contributed by atoms with Crippen LogP contribution in [-0.4, -0.2) is 25.7 Å². The minimum absolute atomic E-state index is 0.103. The maximum atomic E-state index is 10.0. The molecule has 0 saturated heterocycles. The van der Waals surface area contributed by atoms with Crippen LogP contribution < -0.4 is 4.74 Å². The summed E-state index contributed by atoms with van der Waals surface area (Å²) in [6.07, 6.45) is 1.12. The van der Waals surface area contributed by atoms with Gasteiger partial charge in [0.05, 0.1) is 12.7 Å². The van der Waals surface area contributed by atoms with Crippen molar-refractivity contribution in [2.75, 3.05) is 13.7 Å². The van der Waals surface area contributed by atoms with Gasteiger partial charge in [-0.05, 0) is 61.9 Å². The Kier molecular flexibility index (Phi) is 8.68. The fraction of sp³-hybridized carbons (Fsp3) is 0.385. The van der Waals surface area contributed by atoms with Crippen molar-refractivity contribution >= 4 is 11.5 Å². The maximum absolute atomic E-state index is 10.0. The van der Waals surface area contributed by atoms with Crippen molar-refractivity contribution in [3.05, 3.63) is 70.8 Å². The zero-order chi connectivity index (χ0) is 22.1. The monoisotopic (exact) mass is 404 g/mol. The Hall–Kier alpha value is -3.06. The van der Waals surface area contributed by atoms with Crippen molar-refractivity contribution in [3.8, 4) is 11.8 Å². The molecule has 0 aliphatic heterocycles. The maximum Gasteiger partial charge on any atom is 0.227 e. The van der Waals surface area contributed by atoms with E-state index in [0.29, 0.717) is 24.0 Å². The number of nitriles is 1. The van der Waals surface area contributed by atoms with Crippen LogP contribution in [-0.2, 0) is 11.2 Å². The van der Waals surface area contributed by atoms with E-state index in [9.17, 15) is 5.26 Å². The van der Waals surface area contributed by atoms with Crippen LogP contribution in [0.4, 0.5) is 0 Å². The Morgan fingerprint density at radius 1 is 0.967 bits per heavy atom. The van der Waals surface area contributed by atoms with Gasteiger partial charge in [-0.15, -0.1) is 0 Å². The molecule has 0 heterocycles. The molecule has 0 radical (unpaired) electrons. The molecule has 0 N–H and O–H groups in total. The topological polar surface area (TPSA) is 54.6 Å². The van der Waals surface area contributed by atoms with Crippen LogP contribution in [0.25, 0.3) is 5.57 Å². The van der Waals surface area contributed by atoms with Gasteiger partial charge in [0.2, 0.25) is 5.90 Å². The van der Waals surface area contributed by atoms with E-state index in [2.05, 4.69) is 49.2 Å². The molecule has 0 fully saturated rings. The molecule has 0 atom stereocenters. The fourth-order valence-electron chi connectivity index (χ4n) is 3.30. The summed E-state index contributed by atoms with van der Waals surface area (Å²) in [5.74, 6) is 1.74. The van der Waals surface area contributed by atoms with Crippen molar-refractivity contribution in [2.24, 2.45) is 10.9 Å². The second-order valence-corrected chi connectivity index (χ2v) is 7.81. The zero-order valence-electron chi connectivity index (χ0n) is 18.9. The number of benzene rings is 2. The molecule has 4 heteroatoms. The Labute approximate surface area is 180 Å². The van der Waals surface area contributed by atoms with Gasteiger partial charge in [0, 0.05) is 12.6 Å². The smallest absolute Gasteiger partial charge is 0.227 e. The summed E-state index contributed by atoms with van der Waals surface area (Å²) in [4.78, 5) is 4.22. The molecule has 0 amide bonds. The minimum Gasteiger partial charge on any atom is -0.491 e. The fourth-order valence-corrected chi connectivity index (χ4v) is 3.30. The average Bonchev–Trinajstić information content (AvgIpc) is 2.71. The predicted octanol–water partition coefficient (Wildman–Crippen LogP) is 6.06. The van der Waals surface area contributed by atoms with Crippen molar-refractivity contribution in [1.29, 1.82) is 5.26 Å². The third kappa shape index (κ3) is 6.22. The van der Waals surface area contributed by atoms with Crippen molar-refractivity contribution < 1.29 is 9.47 Å². The van der Waals surface area contributed by atoms with Crippen LogP contribution in [0.1, 0.15) is 51.3 Å². The Morgan fingerprint density at radius 3 is 1.97 bits per heavy atom. The summed E-state index contributed by atoms with van der Waals surface area (Å²) in [6, 6.07) is 18.5. The van der Waals surface area contributed by atoms with Gasteiger partial charge in [-0.25, -0.2) is 0 Å². The summed E-state index contributed by atoms with van der Waals surface area (Å²) >= 11 is 0. The number of hydrogen-bond acceptors (Lipinski definition) is 4. The largest absolute Gasteiger partial charge is 0.491 e. The second-order valence-electron chi connectivity index (χ2n) is 7.81. The lowest BCUT2D eigenvalue weighted by Gasteiger charge is -2.16.